The van der Waals surface area contributed by atoms with Gasteiger partial charge in [0.15, 0.2) is 23.2 Å². The van der Waals surface area contributed by atoms with Gasteiger partial charge in [0.2, 0.25) is 0 Å². The van der Waals surface area contributed by atoms with Crippen LogP contribution in [0.4, 0.5) is 5.13 Å². The van der Waals surface area contributed by atoms with Crippen molar-refractivity contribution in [2.75, 3.05) is 24.3 Å². The van der Waals surface area contributed by atoms with Crippen LogP contribution in [-0.2, 0) is 26.3 Å². The standard InChI is InChI=1S/C20H20N6O5S3/c1-25-5-3-10(4-6-25)32-9-13-16(19(29)30)26-12(8-33-13)15(18(26)28)23-17(27)14(24-31-2)11-7-34-20(21)22-11/h3-7,12,15H,8-9H2,1-2H3,(H3-,21,22,23,27,29,30)/p+1. The van der Waals surface area contributed by atoms with E-state index in [0.29, 0.717) is 16.4 Å². The van der Waals surface area contributed by atoms with Gasteiger partial charge < -0.3 is 21.0 Å². The Morgan fingerprint density at radius 1 is 1.44 bits per heavy atom. The number of anilines is 1. The van der Waals surface area contributed by atoms with Gasteiger partial charge in [0.25, 0.3) is 11.8 Å². The number of aliphatic carboxylic acids is 1. The fourth-order valence-corrected chi connectivity index (χ4v) is 6.35. The molecule has 14 heteroatoms. The van der Waals surface area contributed by atoms with E-state index in [9.17, 15) is 19.5 Å². The van der Waals surface area contributed by atoms with Gasteiger partial charge in [-0.3, -0.25) is 14.5 Å². The van der Waals surface area contributed by atoms with E-state index in [4.69, 9.17) is 10.6 Å². The van der Waals surface area contributed by atoms with Crippen LogP contribution in [0.1, 0.15) is 5.69 Å². The molecule has 4 rings (SSSR count). The smallest absolute Gasteiger partial charge is 0.353 e. The summed E-state index contributed by atoms with van der Waals surface area (Å²) in [6.07, 6.45) is 3.82. The Morgan fingerprint density at radius 2 is 2.18 bits per heavy atom. The molecule has 2 aliphatic heterocycles. The average Bonchev–Trinajstić information content (AvgIpc) is 3.25. The number of nitrogens with one attached hydrogen (secondary N) is 1. The molecule has 0 aliphatic carbocycles. The molecule has 11 nitrogen and oxygen atoms in total. The van der Waals surface area contributed by atoms with Gasteiger partial charge >= 0.3 is 5.97 Å². The number of carboxylic acid groups (broad SMARTS) is 1. The van der Waals surface area contributed by atoms with Gasteiger partial charge in [-0.2, -0.15) is 0 Å². The number of aryl methyl sites for hydroxylation is 1. The number of carboxylic acids is 1. The Balaban J connectivity index is 1.48. The molecule has 1 saturated heterocycles. The van der Waals surface area contributed by atoms with Gasteiger partial charge in [-0.15, -0.1) is 34.9 Å². The molecule has 34 heavy (non-hydrogen) atoms. The molecule has 0 saturated carbocycles. The minimum Gasteiger partial charge on any atom is -0.477 e. The first kappa shape index (κ1) is 24.0. The third-order valence-electron chi connectivity index (χ3n) is 5.12. The molecule has 4 N–H and O–H groups in total. The molecule has 178 valence electrons. The van der Waals surface area contributed by atoms with Crippen molar-refractivity contribution in [3.63, 3.8) is 0 Å². The molecular weight excluding hydrogens is 500 g/mol. The summed E-state index contributed by atoms with van der Waals surface area (Å²) in [4.78, 5) is 49.4. The second-order valence-electron chi connectivity index (χ2n) is 7.30. The Hall–Kier alpha value is -3.10. The fourth-order valence-electron chi connectivity index (χ4n) is 3.50. The molecule has 4 heterocycles. The largest absolute Gasteiger partial charge is 0.477 e. The van der Waals surface area contributed by atoms with Gasteiger partial charge in [-0.05, 0) is 0 Å². The zero-order valence-corrected chi connectivity index (χ0v) is 20.6. The highest BCUT2D eigenvalue weighted by Gasteiger charge is 2.54. The number of hydrogen-bond acceptors (Lipinski definition) is 10. The second kappa shape index (κ2) is 10.0. The Labute approximate surface area is 207 Å². The lowest BCUT2D eigenvalue weighted by Crippen LogP contribution is -2.73. The van der Waals surface area contributed by atoms with Crippen molar-refractivity contribution in [2.45, 2.75) is 17.0 Å². The number of nitrogens with zero attached hydrogens (tertiary/aromatic N) is 4. The van der Waals surface area contributed by atoms with E-state index >= 15 is 0 Å². The Bertz CT molecular complexity index is 1200. The van der Waals surface area contributed by atoms with Crippen molar-refractivity contribution in [1.29, 1.82) is 0 Å². The first-order valence-electron chi connectivity index (χ1n) is 9.94. The maximum atomic E-state index is 12.9. The van der Waals surface area contributed by atoms with Gasteiger partial charge in [0, 0.05) is 38.8 Å². The van der Waals surface area contributed by atoms with Crippen LogP contribution in [0.15, 0.2) is 50.6 Å². The molecule has 0 spiro atoms. The molecule has 0 radical (unpaired) electrons. The molecule has 2 aliphatic rings. The van der Waals surface area contributed by atoms with Crippen LogP contribution in [0.25, 0.3) is 0 Å². The number of β-lactam (4-membered cyclic amide) rings is 1. The summed E-state index contributed by atoms with van der Waals surface area (Å²) in [7, 11) is 3.20. The number of nitrogens with two attached hydrogens (primary N) is 1. The van der Waals surface area contributed by atoms with Crippen LogP contribution < -0.4 is 15.6 Å². The van der Waals surface area contributed by atoms with Crippen molar-refractivity contribution >= 4 is 63.5 Å². The molecule has 0 bridgehead atoms. The molecule has 2 amide bonds. The van der Waals surface area contributed by atoms with Gasteiger partial charge in [0.05, 0.1) is 6.04 Å². The number of fused-ring (bicyclic) bond motifs is 1. The zero-order valence-electron chi connectivity index (χ0n) is 18.1. The van der Waals surface area contributed by atoms with Gasteiger partial charge in [-0.25, -0.2) is 14.3 Å². The lowest BCUT2D eigenvalue weighted by Gasteiger charge is -2.49. The van der Waals surface area contributed by atoms with E-state index in [0.717, 1.165) is 16.2 Å². The number of hydrogen-bond donors (Lipinski definition) is 3. The molecular formula is C20H21N6O5S3+. The number of amides is 2. The minimum atomic E-state index is -1.18. The van der Waals surface area contributed by atoms with Crippen LogP contribution in [0.5, 0.6) is 0 Å². The van der Waals surface area contributed by atoms with E-state index < -0.39 is 29.9 Å². The number of pyridine rings is 1. The second-order valence-corrected chi connectivity index (χ2v) is 10.3. The lowest BCUT2D eigenvalue weighted by molar-refractivity contribution is -0.671. The summed E-state index contributed by atoms with van der Waals surface area (Å²) >= 11 is 4.02. The average molecular weight is 522 g/mol. The number of carbonyl (C=O) groups is 3. The van der Waals surface area contributed by atoms with Gasteiger partial charge in [0.1, 0.15) is 31.6 Å². The summed E-state index contributed by atoms with van der Waals surface area (Å²) in [5, 5.41) is 18.0. The maximum Gasteiger partial charge on any atom is 0.353 e. The summed E-state index contributed by atoms with van der Waals surface area (Å²) in [6, 6.07) is 2.52. The topological polar surface area (TPSA) is 151 Å². The Morgan fingerprint density at radius 3 is 2.79 bits per heavy atom. The van der Waals surface area contributed by atoms with Crippen molar-refractivity contribution < 1.29 is 28.9 Å². The highest BCUT2D eigenvalue weighted by molar-refractivity contribution is 8.06. The number of carbonyl (C=O) groups excluding carboxylic acids is 2. The lowest BCUT2D eigenvalue weighted by atomic mass is 9.94. The molecule has 0 aromatic carbocycles. The van der Waals surface area contributed by atoms with Crippen LogP contribution in [0.3, 0.4) is 0 Å². The first-order valence-corrected chi connectivity index (χ1v) is 12.8. The minimum absolute atomic E-state index is 0.0382. The summed E-state index contributed by atoms with van der Waals surface area (Å²) < 4.78 is 1.91. The van der Waals surface area contributed by atoms with Crippen molar-refractivity contribution in [2.24, 2.45) is 12.2 Å². The Kier molecular flexibility index (Phi) is 7.09. The predicted molar refractivity (Wildman–Crippen MR) is 128 cm³/mol. The van der Waals surface area contributed by atoms with E-state index in [2.05, 4.69) is 15.5 Å². The van der Waals surface area contributed by atoms with Crippen LogP contribution in [0, 0.1) is 0 Å². The molecule has 2 aromatic rings. The normalized spacial score (nSPS) is 20.0. The van der Waals surface area contributed by atoms with E-state index in [-0.39, 0.29) is 22.2 Å². The highest BCUT2D eigenvalue weighted by Crippen LogP contribution is 2.41. The number of nitrogen functional groups attached to an aromatic ring is 1. The molecule has 2 atom stereocenters. The number of rotatable bonds is 8. The maximum absolute atomic E-state index is 12.9. The van der Waals surface area contributed by atoms with Crippen molar-refractivity contribution in [1.82, 2.24) is 15.2 Å². The quantitative estimate of drug-likeness (QED) is 0.148. The van der Waals surface area contributed by atoms with Crippen LogP contribution >= 0.6 is 34.9 Å². The molecule has 2 unspecified atom stereocenters. The summed E-state index contributed by atoms with van der Waals surface area (Å²) in [5.74, 6) is -1.45. The number of oxime groups is 1. The third-order valence-corrected chi connectivity index (χ3v) is 8.21. The molecule has 1 fully saturated rings. The number of thioether (sulfide) groups is 2. The molecule has 2 aromatic heterocycles. The van der Waals surface area contributed by atoms with Crippen LogP contribution in [-0.4, -0.2) is 69.2 Å². The predicted octanol–water partition coefficient (Wildman–Crippen LogP) is 0.431. The van der Waals surface area contributed by atoms with Crippen molar-refractivity contribution in [3.05, 3.63) is 46.2 Å². The van der Waals surface area contributed by atoms with Crippen molar-refractivity contribution in [3.8, 4) is 0 Å². The summed E-state index contributed by atoms with van der Waals surface area (Å²) in [6.45, 7) is 0. The number of aromatic nitrogens is 2. The highest BCUT2D eigenvalue weighted by atomic mass is 32.2. The SMILES string of the molecule is CON=C(C(=O)NC1C(=O)N2C(C(=O)O)=C(CSc3cc[n+](C)cc3)SCC12)c1csc(N)n1. The zero-order chi connectivity index (χ0) is 24.4. The first-order chi connectivity index (χ1) is 16.3. The fraction of sp³-hybridized carbons (Fsp3) is 0.300. The van der Waals surface area contributed by atoms with Gasteiger partial charge in [-0.1, -0.05) is 5.16 Å². The van der Waals surface area contributed by atoms with E-state index in [1.807, 2.05) is 36.1 Å². The van der Waals surface area contributed by atoms with E-state index in [1.54, 1.807) is 5.38 Å². The third kappa shape index (κ3) is 4.74. The van der Waals surface area contributed by atoms with Crippen LogP contribution in [0.2, 0.25) is 0 Å². The van der Waals surface area contributed by atoms with E-state index in [1.165, 1.54) is 35.5 Å². The monoisotopic (exact) mass is 521 g/mol. The number of thiazole rings is 1. The summed E-state index contributed by atoms with van der Waals surface area (Å²) in [5.41, 5.74) is 5.71.